The highest BCUT2D eigenvalue weighted by molar-refractivity contribution is 4.95. The van der Waals surface area contributed by atoms with Crippen molar-refractivity contribution < 1.29 is 4.74 Å². The highest BCUT2D eigenvalue weighted by atomic mass is 16.5. The molecule has 2 heterocycles. The van der Waals surface area contributed by atoms with Gasteiger partial charge in [-0.3, -0.25) is 9.80 Å². The van der Waals surface area contributed by atoms with Gasteiger partial charge in [0.2, 0.25) is 0 Å². The van der Waals surface area contributed by atoms with E-state index in [9.17, 15) is 0 Å². The van der Waals surface area contributed by atoms with Crippen LogP contribution in [0.1, 0.15) is 51.2 Å². The molecule has 2 atom stereocenters. The Kier molecular flexibility index (Phi) is 6.84. The molecule has 2 aliphatic rings. The Labute approximate surface area is 152 Å². The largest absolute Gasteiger partial charge is 0.377 e. The van der Waals surface area contributed by atoms with Crippen molar-refractivity contribution in [3.05, 3.63) is 11.6 Å². The second-order valence-corrected chi connectivity index (χ2v) is 7.73. The summed E-state index contributed by atoms with van der Waals surface area (Å²) in [7, 11) is 2.08. The third-order valence-electron chi connectivity index (χ3n) is 5.97. The molecule has 0 aromatic carbocycles. The van der Waals surface area contributed by atoms with Crippen LogP contribution >= 0.6 is 0 Å². The summed E-state index contributed by atoms with van der Waals surface area (Å²) in [5.41, 5.74) is 0. The first-order valence-electron chi connectivity index (χ1n) is 10.1. The van der Waals surface area contributed by atoms with Gasteiger partial charge in [0.15, 0.2) is 0 Å². The second kappa shape index (κ2) is 9.10. The minimum absolute atomic E-state index is 0.499. The summed E-state index contributed by atoms with van der Waals surface area (Å²) in [6, 6.07) is 0. The molecule has 1 aliphatic carbocycles. The van der Waals surface area contributed by atoms with Gasteiger partial charge in [-0.15, -0.1) is 10.2 Å². The summed E-state index contributed by atoms with van der Waals surface area (Å²) in [4.78, 5) is 5.03. The molecule has 1 saturated heterocycles. The molecule has 25 heavy (non-hydrogen) atoms. The van der Waals surface area contributed by atoms with Crippen LogP contribution < -0.4 is 0 Å². The number of hydrogen-bond acceptors (Lipinski definition) is 5. The number of ether oxygens (including phenoxy) is 1. The Morgan fingerprint density at radius 1 is 1.00 bits per heavy atom. The molecule has 0 amide bonds. The Hall–Kier alpha value is -0.980. The van der Waals surface area contributed by atoms with Gasteiger partial charge in [-0.25, -0.2) is 0 Å². The van der Waals surface area contributed by atoms with Gasteiger partial charge in [-0.05, 0) is 18.8 Å². The van der Waals surface area contributed by atoms with E-state index in [0.717, 1.165) is 69.9 Å². The molecule has 142 valence electrons. The maximum Gasteiger partial charge on any atom is 0.146 e. The van der Waals surface area contributed by atoms with Crippen molar-refractivity contribution >= 4 is 0 Å². The molecule has 1 aliphatic heterocycles. The monoisotopic (exact) mass is 349 g/mol. The Balaban J connectivity index is 1.35. The first kappa shape index (κ1) is 18.8. The van der Waals surface area contributed by atoms with Crippen molar-refractivity contribution in [1.29, 1.82) is 0 Å². The van der Waals surface area contributed by atoms with Crippen LogP contribution in [0.25, 0.3) is 0 Å². The summed E-state index contributed by atoms with van der Waals surface area (Å²) >= 11 is 0. The minimum Gasteiger partial charge on any atom is -0.377 e. The highest BCUT2D eigenvalue weighted by Gasteiger charge is 2.23. The lowest BCUT2D eigenvalue weighted by Crippen LogP contribution is -2.47. The van der Waals surface area contributed by atoms with Crippen molar-refractivity contribution in [1.82, 2.24) is 24.6 Å². The molecular formula is C19H35N5O. The molecule has 1 aromatic rings. The lowest BCUT2D eigenvalue weighted by atomic mass is 9.88. The van der Waals surface area contributed by atoms with Gasteiger partial charge in [0.05, 0.1) is 19.3 Å². The lowest BCUT2D eigenvalue weighted by Gasteiger charge is -2.35. The third kappa shape index (κ3) is 5.02. The average Bonchev–Trinajstić information content (AvgIpc) is 2.98. The van der Waals surface area contributed by atoms with Crippen LogP contribution in [0.2, 0.25) is 0 Å². The first-order valence-corrected chi connectivity index (χ1v) is 10.1. The van der Waals surface area contributed by atoms with Crippen LogP contribution in [0.15, 0.2) is 0 Å². The SMILES string of the molecule is CCc1nnc(CN2CCN(CCO[C@@H]3CCCC[C@H]3C)CC2)n1C. The number of rotatable bonds is 7. The molecule has 1 saturated carbocycles. The standard InChI is InChI=1S/C19H35N5O/c1-4-18-20-21-19(22(18)3)15-24-11-9-23(10-12-24)13-14-25-17-8-6-5-7-16(17)2/h16-17H,4-15H2,1-3H3/t16-,17-/m1/s1. The normalized spacial score (nSPS) is 26.2. The molecule has 3 rings (SSSR count). The number of aromatic nitrogens is 3. The van der Waals surface area contributed by atoms with E-state index in [4.69, 9.17) is 4.74 Å². The Morgan fingerprint density at radius 3 is 2.36 bits per heavy atom. The van der Waals surface area contributed by atoms with Crippen LogP contribution in [0.3, 0.4) is 0 Å². The van der Waals surface area contributed by atoms with Crippen molar-refractivity contribution in [3.63, 3.8) is 0 Å². The summed E-state index contributed by atoms with van der Waals surface area (Å²) < 4.78 is 8.32. The smallest absolute Gasteiger partial charge is 0.146 e. The Morgan fingerprint density at radius 2 is 1.68 bits per heavy atom. The van der Waals surface area contributed by atoms with E-state index in [2.05, 4.69) is 45.5 Å². The van der Waals surface area contributed by atoms with E-state index in [-0.39, 0.29) is 0 Å². The zero-order valence-electron chi connectivity index (χ0n) is 16.3. The highest BCUT2D eigenvalue weighted by Crippen LogP contribution is 2.26. The van der Waals surface area contributed by atoms with E-state index in [1.54, 1.807) is 0 Å². The van der Waals surface area contributed by atoms with Gasteiger partial charge in [0.25, 0.3) is 0 Å². The van der Waals surface area contributed by atoms with Crippen LogP contribution in [0.4, 0.5) is 0 Å². The van der Waals surface area contributed by atoms with Gasteiger partial charge in [0.1, 0.15) is 11.6 Å². The third-order valence-corrected chi connectivity index (χ3v) is 5.97. The molecule has 0 bridgehead atoms. The van der Waals surface area contributed by atoms with Gasteiger partial charge in [-0.1, -0.05) is 26.7 Å². The zero-order valence-corrected chi connectivity index (χ0v) is 16.3. The first-order chi connectivity index (χ1) is 12.2. The maximum atomic E-state index is 6.17. The molecule has 2 fully saturated rings. The van der Waals surface area contributed by atoms with E-state index < -0.39 is 0 Å². The summed E-state index contributed by atoms with van der Waals surface area (Å²) in [5, 5.41) is 8.61. The van der Waals surface area contributed by atoms with E-state index >= 15 is 0 Å². The van der Waals surface area contributed by atoms with Crippen LogP contribution in [-0.2, 0) is 24.8 Å². The fourth-order valence-corrected chi connectivity index (χ4v) is 4.08. The molecule has 0 spiro atoms. The van der Waals surface area contributed by atoms with Gasteiger partial charge in [-0.2, -0.15) is 0 Å². The van der Waals surface area contributed by atoms with Crippen molar-refractivity contribution in [3.8, 4) is 0 Å². The fourth-order valence-electron chi connectivity index (χ4n) is 4.08. The van der Waals surface area contributed by atoms with Crippen LogP contribution in [0.5, 0.6) is 0 Å². The summed E-state index contributed by atoms with van der Waals surface area (Å²) in [6.07, 6.45) is 6.76. The minimum atomic E-state index is 0.499. The van der Waals surface area contributed by atoms with Gasteiger partial charge >= 0.3 is 0 Å². The molecule has 0 radical (unpaired) electrons. The second-order valence-electron chi connectivity index (χ2n) is 7.73. The maximum absolute atomic E-state index is 6.17. The lowest BCUT2D eigenvalue weighted by molar-refractivity contribution is -0.0183. The van der Waals surface area contributed by atoms with Gasteiger partial charge in [0, 0.05) is 46.2 Å². The molecule has 0 N–H and O–H groups in total. The topological polar surface area (TPSA) is 46.4 Å². The van der Waals surface area contributed by atoms with Crippen molar-refractivity contribution in [2.45, 2.75) is 58.6 Å². The molecular weight excluding hydrogens is 314 g/mol. The predicted molar refractivity (Wildman–Crippen MR) is 99.5 cm³/mol. The average molecular weight is 350 g/mol. The van der Waals surface area contributed by atoms with Crippen LogP contribution in [-0.4, -0.2) is 70.0 Å². The van der Waals surface area contributed by atoms with E-state index in [1.807, 2.05) is 0 Å². The van der Waals surface area contributed by atoms with Crippen LogP contribution in [0, 0.1) is 5.92 Å². The Bertz CT molecular complexity index is 524. The quantitative estimate of drug-likeness (QED) is 0.754. The molecule has 1 aromatic heterocycles. The van der Waals surface area contributed by atoms with Crippen molar-refractivity contribution in [2.24, 2.45) is 13.0 Å². The summed E-state index contributed by atoms with van der Waals surface area (Å²) in [5.74, 6) is 2.90. The van der Waals surface area contributed by atoms with E-state index in [0.29, 0.717) is 6.10 Å². The van der Waals surface area contributed by atoms with E-state index in [1.165, 1.54) is 25.7 Å². The number of aryl methyl sites for hydroxylation is 1. The molecule has 6 nitrogen and oxygen atoms in total. The fraction of sp³-hybridized carbons (Fsp3) is 0.895. The number of piperazine rings is 1. The van der Waals surface area contributed by atoms with Gasteiger partial charge < -0.3 is 9.30 Å². The number of hydrogen-bond donors (Lipinski definition) is 0. The predicted octanol–water partition coefficient (Wildman–Crippen LogP) is 2.09. The zero-order chi connectivity index (χ0) is 17.6. The molecule has 0 unspecified atom stereocenters. The van der Waals surface area contributed by atoms with Crippen molar-refractivity contribution in [2.75, 3.05) is 39.3 Å². The number of nitrogens with zero attached hydrogens (tertiary/aromatic N) is 5. The summed E-state index contributed by atoms with van der Waals surface area (Å²) in [6.45, 7) is 11.8. The molecule has 6 heteroatoms.